The van der Waals surface area contributed by atoms with Crippen LogP contribution < -0.4 is 10.6 Å². The normalized spacial score (nSPS) is 11.5. The van der Waals surface area contributed by atoms with Crippen LogP contribution >= 0.6 is 0 Å². The number of carbonyl (C=O) groups excluding carboxylic acids is 2. The van der Waals surface area contributed by atoms with Crippen molar-refractivity contribution in [1.82, 2.24) is 15.6 Å². The highest BCUT2D eigenvalue weighted by Gasteiger charge is 2.17. The van der Waals surface area contributed by atoms with Gasteiger partial charge in [-0.1, -0.05) is 6.92 Å². The summed E-state index contributed by atoms with van der Waals surface area (Å²) in [6.07, 6.45) is 2.30. The Morgan fingerprint density at radius 2 is 2.10 bits per heavy atom. The predicted molar refractivity (Wildman–Crippen MR) is 76.0 cm³/mol. The van der Waals surface area contributed by atoms with Gasteiger partial charge in [-0.2, -0.15) is 0 Å². The number of carboxylic acid groups (broad SMARTS) is 1. The Morgan fingerprint density at radius 3 is 2.71 bits per heavy atom. The number of aromatic nitrogens is 1. The second-order valence-corrected chi connectivity index (χ2v) is 4.59. The lowest BCUT2D eigenvalue weighted by Gasteiger charge is -2.11. The molecule has 0 aromatic carbocycles. The largest absolute Gasteiger partial charge is 0.478 e. The van der Waals surface area contributed by atoms with Gasteiger partial charge in [0.2, 0.25) is 5.91 Å². The second kappa shape index (κ2) is 7.98. The van der Waals surface area contributed by atoms with E-state index < -0.39 is 11.9 Å². The van der Waals surface area contributed by atoms with E-state index in [1.807, 2.05) is 13.8 Å². The molecular weight excluding hydrogens is 274 g/mol. The van der Waals surface area contributed by atoms with Gasteiger partial charge in [0.05, 0.1) is 5.56 Å². The maximum Gasteiger partial charge on any atom is 0.338 e. The number of carboxylic acids is 1. The van der Waals surface area contributed by atoms with E-state index >= 15 is 0 Å². The molecule has 7 nitrogen and oxygen atoms in total. The third-order valence-electron chi connectivity index (χ3n) is 2.91. The number of amides is 2. The third-order valence-corrected chi connectivity index (χ3v) is 2.91. The first-order chi connectivity index (χ1) is 9.95. The Labute approximate surface area is 122 Å². The van der Waals surface area contributed by atoms with Crippen molar-refractivity contribution in [3.63, 3.8) is 0 Å². The zero-order valence-corrected chi connectivity index (χ0v) is 12.0. The molecule has 114 valence electrons. The minimum absolute atomic E-state index is 0.0857. The lowest BCUT2D eigenvalue weighted by Crippen LogP contribution is -2.35. The number of pyridine rings is 1. The highest BCUT2D eigenvalue weighted by atomic mass is 16.4. The second-order valence-electron chi connectivity index (χ2n) is 4.59. The van der Waals surface area contributed by atoms with E-state index in [9.17, 15) is 14.4 Å². The first-order valence-electron chi connectivity index (χ1n) is 6.71. The molecule has 1 unspecified atom stereocenters. The highest BCUT2D eigenvalue weighted by molar-refractivity contribution is 6.03. The molecule has 1 heterocycles. The Bertz CT molecular complexity index is 531. The Kier molecular flexibility index (Phi) is 6.32. The van der Waals surface area contributed by atoms with E-state index in [0.717, 1.165) is 6.42 Å². The smallest absolute Gasteiger partial charge is 0.338 e. The fourth-order valence-corrected chi connectivity index (χ4v) is 1.58. The van der Waals surface area contributed by atoms with Crippen molar-refractivity contribution in [3.05, 3.63) is 29.6 Å². The van der Waals surface area contributed by atoms with E-state index in [4.69, 9.17) is 5.11 Å². The van der Waals surface area contributed by atoms with Gasteiger partial charge in [-0.25, -0.2) is 4.79 Å². The molecule has 0 radical (unpaired) electrons. The van der Waals surface area contributed by atoms with Crippen molar-refractivity contribution in [3.8, 4) is 0 Å². The predicted octanol–water partition coefficient (Wildman–Crippen LogP) is 0.814. The van der Waals surface area contributed by atoms with Gasteiger partial charge in [-0.05, 0) is 25.5 Å². The summed E-state index contributed by atoms with van der Waals surface area (Å²) in [5.74, 6) is -1.99. The number of aromatic carboxylic acids is 1. The standard InChI is InChI=1S/C14H19N3O4/c1-3-9(2)17-11(18)6-8-16-13(19)12-10(14(20)21)5-4-7-15-12/h4-5,7,9H,3,6,8H2,1-2H3,(H,16,19)(H,17,18)(H,20,21). The summed E-state index contributed by atoms with van der Waals surface area (Å²) < 4.78 is 0. The molecule has 0 bridgehead atoms. The maximum atomic E-state index is 11.9. The fourth-order valence-electron chi connectivity index (χ4n) is 1.58. The lowest BCUT2D eigenvalue weighted by molar-refractivity contribution is -0.121. The molecule has 0 spiro atoms. The van der Waals surface area contributed by atoms with Crippen LogP contribution in [0.5, 0.6) is 0 Å². The molecule has 0 fully saturated rings. The molecule has 1 atom stereocenters. The fraction of sp³-hybridized carbons (Fsp3) is 0.429. The van der Waals surface area contributed by atoms with E-state index in [1.165, 1.54) is 18.3 Å². The minimum atomic E-state index is -1.22. The van der Waals surface area contributed by atoms with Crippen molar-refractivity contribution in [2.75, 3.05) is 6.54 Å². The lowest BCUT2D eigenvalue weighted by atomic mass is 10.2. The minimum Gasteiger partial charge on any atom is -0.478 e. The molecular formula is C14H19N3O4. The summed E-state index contributed by atoms with van der Waals surface area (Å²) in [7, 11) is 0. The van der Waals surface area contributed by atoms with E-state index in [1.54, 1.807) is 0 Å². The van der Waals surface area contributed by atoms with Gasteiger partial charge < -0.3 is 15.7 Å². The van der Waals surface area contributed by atoms with Gasteiger partial charge in [-0.3, -0.25) is 14.6 Å². The average Bonchev–Trinajstić information content (AvgIpc) is 2.46. The molecule has 1 rings (SSSR count). The molecule has 1 aromatic heterocycles. The van der Waals surface area contributed by atoms with E-state index in [-0.39, 0.29) is 36.2 Å². The summed E-state index contributed by atoms with van der Waals surface area (Å²) in [5.41, 5.74) is -0.327. The summed E-state index contributed by atoms with van der Waals surface area (Å²) in [5, 5.41) is 14.2. The van der Waals surface area contributed by atoms with Crippen LogP contribution in [0.25, 0.3) is 0 Å². The highest BCUT2D eigenvalue weighted by Crippen LogP contribution is 2.05. The molecule has 7 heteroatoms. The quantitative estimate of drug-likeness (QED) is 0.689. The van der Waals surface area contributed by atoms with Gasteiger partial charge in [0.15, 0.2) is 0 Å². The van der Waals surface area contributed by atoms with E-state index in [2.05, 4.69) is 15.6 Å². The Morgan fingerprint density at radius 1 is 1.38 bits per heavy atom. The number of nitrogens with one attached hydrogen (secondary N) is 2. The summed E-state index contributed by atoms with van der Waals surface area (Å²) in [6.45, 7) is 3.97. The monoisotopic (exact) mass is 293 g/mol. The molecule has 0 aliphatic heterocycles. The van der Waals surface area contributed by atoms with Crippen LogP contribution in [-0.2, 0) is 4.79 Å². The number of nitrogens with zero attached hydrogens (tertiary/aromatic N) is 1. The average molecular weight is 293 g/mol. The number of carbonyl (C=O) groups is 3. The number of rotatable bonds is 7. The number of hydrogen-bond donors (Lipinski definition) is 3. The molecule has 0 saturated heterocycles. The first-order valence-corrected chi connectivity index (χ1v) is 6.71. The Balaban J connectivity index is 2.52. The van der Waals surface area contributed by atoms with Crippen LogP contribution in [0.2, 0.25) is 0 Å². The third kappa shape index (κ3) is 5.21. The Hall–Kier alpha value is -2.44. The van der Waals surface area contributed by atoms with Crippen molar-refractivity contribution in [2.45, 2.75) is 32.7 Å². The van der Waals surface area contributed by atoms with Crippen molar-refractivity contribution in [1.29, 1.82) is 0 Å². The molecule has 3 N–H and O–H groups in total. The summed E-state index contributed by atoms with van der Waals surface area (Å²) in [4.78, 5) is 38.1. The van der Waals surface area contributed by atoms with Gasteiger partial charge in [-0.15, -0.1) is 0 Å². The zero-order valence-electron chi connectivity index (χ0n) is 12.0. The number of hydrogen-bond acceptors (Lipinski definition) is 4. The van der Waals surface area contributed by atoms with Gasteiger partial charge >= 0.3 is 5.97 Å². The zero-order chi connectivity index (χ0) is 15.8. The van der Waals surface area contributed by atoms with E-state index in [0.29, 0.717) is 0 Å². The SMILES string of the molecule is CCC(C)NC(=O)CCNC(=O)c1ncccc1C(=O)O. The van der Waals surface area contributed by atoms with Crippen LogP contribution in [0, 0.1) is 0 Å². The van der Waals surface area contributed by atoms with Crippen LogP contribution in [0.3, 0.4) is 0 Å². The van der Waals surface area contributed by atoms with Gasteiger partial charge in [0, 0.05) is 25.2 Å². The molecule has 0 saturated carbocycles. The van der Waals surface area contributed by atoms with Gasteiger partial charge in [0.1, 0.15) is 5.69 Å². The molecule has 1 aromatic rings. The summed E-state index contributed by atoms with van der Waals surface area (Å²) >= 11 is 0. The topological polar surface area (TPSA) is 108 Å². The molecule has 0 aliphatic rings. The van der Waals surface area contributed by atoms with Crippen LogP contribution in [0.15, 0.2) is 18.3 Å². The van der Waals surface area contributed by atoms with Crippen molar-refractivity contribution in [2.24, 2.45) is 0 Å². The summed E-state index contributed by atoms with van der Waals surface area (Å²) in [6, 6.07) is 2.84. The van der Waals surface area contributed by atoms with Gasteiger partial charge in [0.25, 0.3) is 5.91 Å². The molecule has 0 aliphatic carbocycles. The molecule has 2 amide bonds. The first kappa shape index (κ1) is 16.6. The maximum absolute atomic E-state index is 11.9. The van der Waals surface area contributed by atoms with Crippen molar-refractivity contribution < 1.29 is 19.5 Å². The van der Waals surface area contributed by atoms with Crippen LogP contribution in [0.4, 0.5) is 0 Å². The molecule has 21 heavy (non-hydrogen) atoms. The van der Waals surface area contributed by atoms with Crippen LogP contribution in [-0.4, -0.2) is 40.5 Å². The van der Waals surface area contributed by atoms with Crippen LogP contribution in [0.1, 0.15) is 47.5 Å². The van der Waals surface area contributed by atoms with Crippen molar-refractivity contribution >= 4 is 17.8 Å².